The third-order valence-corrected chi connectivity index (χ3v) is 9.74. The molecule has 0 unspecified atom stereocenters. The molecule has 0 radical (unpaired) electrons. The Balaban J connectivity index is 1.34. The summed E-state index contributed by atoms with van der Waals surface area (Å²) in [6.45, 7) is 7.24. The second kappa shape index (κ2) is 15.0. The van der Waals surface area contributed by atoms with E-state index in [1.165, 1.54) is 0 Å². The standard InChI is InChI=1S/C37H43N3O6S/c1-26-10-17-34(18-11-26)47(43,44)38-31-14-19-35-30(20-31)21-37(42)40(28(3)25-41)22-27(2)36(46-35)24-39(4)23-29-12-15-33(16-13-29)45-32-8-6-5-7-9-32/h5-20,27-28,36,38,41H,21-25H2,1-4H3/t27-,28+,36+/m0/s1. The molecule has 0 aliphatic carbocycles. The maximum Gasteiger partial charge on any atom is 0.261 e. The Morgan fingerprint density at radius 3 is 2.36 bits per heavy atom. The number of nitrogens with one attached hydrogen (secondary N) is 1. The summed E-state index contributed by atoms with van der Waals surface area (Å²) < 4.78 is 41.4. The van der Waals surface area contributed by atoms with Gasteiger partial charge in [0.2, 0.25) is 5.91 Å². The highest BCUT2D eigenvalue weighted by molar-refractivity contribution is 7.92. The maximum absolute atomic E-state index is 13.6. The number of carbonyl (C=O) groups excluding carboxylic acids is 1. The summed E-state index contributed by atoms with van der Waals surface area (Å²) in [5.74, 6) is 1.85. The minimum absolute atomic E-state index is 0.00640. The molecule has 3 atom stereocenters. The first-order valence-electron chi connectivity index (χ1n) is 15.8. The Hall–Kier alpha value is -4.38. The Morgan fingerprint density at radius 2 is 1.68 bits per heavy atom. The number of likely N-dealkylation sites (N-methyl/N-ethyl adjacent to an activating group) is 1. The average Bonchev–Trinajstić information content (AvgIpc) is 3.09. The second-order valence-electron chi connectivity index (χ2n) is 12.4. The Morgan fingerprint density at radius 1 is 1.00 bits per heavy atom. The van der Waals surface area contributed by atoms with Crippen LogP contribution in [0.2, 0.25) is 0 Å². The van der Waals surface area contributed by atoms with Crippen molar-refractivity contribution in [2.45, 2.75) is 50.8 Å². The smallest absolute Gasteiger partial charge is 0.261 e. The van der Waals surface area contributed by atoms with Gasteiger partial charge in [0, 0.05) is 36.8 Å². The number of anilines is 1. The minimum atomic E-state index is -3.84. The first-order chi connectivity index (χ1) is 22.5. The van der Waals surface area contributed by atoms with Crippen LogP contribution in [-0.4, -0.2) is 68.1 Å². The quantitative estimate of drug-likeness (QED) is 0.208. The predicted molar refractivity (Wildman–Crippen MR) is 183 cm³/mol. The minimum Gasteiger partial charge on any atom is -0.488 e. The summed E-state index contributed by atoms with van der Waals surface area (Å²) in [4.78, 5) is 17.6. The molecular formula is C37H43N3O6S. The van der Waals surface area contributed by atoms with Crippen LogP contribution in [0.25, 0.3) is 0 Å². The lowest BCUT2D eigenvalue weighted by atomic mass is 10.0. The van der Waals surface area contributed by atoms with Gasteiger partial charge in [0.05, 0.1) is 24.0 Å². The number of aryl methyl sites for hydroxylation is 1. The lowest BCUT2D eigenvalue weighted by Gasteiger charge is -2.34. The van der Waals surface area contributed by atoms with E-state index in [0.29, 0.717) is 36.6 Å². The van der Waals surface area contributed by atoms with Crippen LogP contribution in [0.5, 0.6) is 17.2 Å². The van der Waals surface area contributed by atoms with Crippen LogP contribution < -0.4 is 14.2 Å². The molecule has 0 fully saturated rings. The van der Waals surface area contributed by atoms with E-state index in [4.69, 9.17) is 9.47 Å². The van der Waals surface area contributed by atoms with Crippen molar-refractivity contribution in [3.05, 3.63) is 114 Å². The fourth-order valence-electron chi connectivity index (χ4n) is 5.61. The third kappa shape index (κ3) is 8.91. The van der Waals surface area contributed by atoms with Crippen molar-refractivity contribution < 1.29 is 27.8 Å². The molecular weight excluding hydrogens is 614 g/mol. The number of benzene rings is 4. The number of nitrogens with zero attached hydrogens (tertiary/aromatic N) is 2. The second-order valence-corrected chi connectivity index (χ2v) is 14.1. The predicted octanol–water partition coefficient (Wildman–Crippen LogP) is 5.87. The monoisotopic (exact) mass is 657 g/mol. The van der Waals surface area contributed by atoms with Gasteiger partial charge in [0.15, 0.2) is 0 Å². The lowest BCUT2D eigenvalue weighted by molar-refractivity contribution is -0.134. The number of carbonyl (C=O) groups is 1. The first kappa shape index (κ1) is 34.0. The molecule has 1 aliphatic rings. The molecule has 4 aromatic rings. The number of amides is 1. The van der Waals surface area contributed by atoms with Crippen molar-refractivity contribution in [2.75, 3.05) is 31.5 Å². The molecule has 1 heterocycles. The van der Waals surface area contributed by atoms with E-state index in [1.54, 1.807) is 47.4 Å². The van der Waals surface area contributed by atoms with E-state index < -0.39 is 10.0 Å². The van der Waals surface area contributed by atoms with Gasteiger partial charge in [-0.2, -0.15) is 0 Å². The molecule has 2 N–H and O–H groups in total. The number of para-hydroxylation sites is 1. The topological polar surface area (TPSA) is 108 Å². The molecule has 0 aromatic heterocycles. The van der Waals surface area contributed by atoms with Crippen LogP contribution in [0.15, 0.2) is 102 Å². The first-order valence-corrected chi connectivity index (χ1v) is 17.3. The number of sulfonamides is 1. The maximum atomic E-state index is 13.6. The molecule has 0 saturated heterocycles. The Bertz CT molecular complexity index is 1750. The third-order valence-electron chi connectivity index (χ3n) is 8.35. The summed E-state index contributed by atoms with van der Waals surface area (Å²) in [7, 11) is -1.81. The van der Waals surface area contributed by atoms with Crippen molar-refractivity contribution in [1.82, 2.24) is 9.80 Å². The number of ether oxygens (including phenoxy) is 2. The van der Waals surface area contributed by atoms with Crippen LogP contribution >= 0.6 is 0 Å². The van der Waals surface area contributed by atoms with Gasteiger partial charge in [0.25, 0.3) is 10.0 Å². The Labute approximate surface area is 277 Å². The molecule has 4 aromatic carbocycles. The molecule has 0 spiro atoms. The number of rotatable bonds is 11. The molecule has 248 valence electrons. The van der Waals surface area contributed by atoms with E-state index in [9.17, 15) is 18.3 Å². The van der Waals surface area contributed by atoms with Gasteiger partial charge < -0.3 is 19.5 Å². The van der Waals surface area contributed by atoms with E-state index in [-0.39, 0.29) is 41.9 Å². The number of hydrogen-bond donors (Lipinski definition) is 2. The van der Waals surface area contributed by atoms with Crippen LogP contribution in [0.1, 0.15) is 30.5 Å². The zero-order valence-electron chi connectivity index (χ0n) is 27.3. The van der Waals surface area contributed by atoms with Crippen molar-refractivity contribution in [2.24, 2.45) is 5.92 Å². The van der Waals surface area contributed by atoms with Gasteiger partial charge in [-0.05, 0) is 81.1 Å². The molecule has 5 rings (SSSR count). The molecule has 0 saturated carbocycles. The van der Waals surface area contributed by atoms with Crippen molar-refractivity contribution >= 4 is 21.6 Å². The Kier molecular flexibility index (Phi) is 10.9. The fraction of sp³-hybridized carbons (Fsp3) is 0.324. The van der Waals surface area contributed by atoms with Gasteiger partial charge >= 0.3 is 0 Å². The zero-order chi connectivity index (χ0) is 33.6. The molecule has 9 nitrogen and oxygen atoms in total. The van der Waals surface area contributed by atoms with E-state index in [1.807, 2.05) is 82.4 Å². The summed E-state index contributed by atoms with van der Waals surface area (Å²) in [6.07, 6.45) is -0.291. The molecule has 47 heavy (non-hydrogen) atoms. The van der Waals surface area contributed by atoms with Gasteiger partial charge in [-0.3, -0.25) is 14.4 Å². The number of aliphatic hydroxyl groups excluding tert-OH is 1. The van der Waals surface area contributed by atoms with Gasteiger partial charge in [-0.1, -0.05) is 55.0 Å². The molecule has 10 heteroatoms. The summed E-state index contributed by atoms with van der Waals surface area (Å²) in [6, 6.07) is 28.9. The normalized spacial score (nSPS) is 17.6. The van der Waals surface area contributed by atoms with Gasteiger partial charge in [-0.15, -0.1) is 0 Å². The zero-order valence-corrected chi connectivity index (χ0v) is 28.1. The van der Waals surface area contributed by atoms with Crippen LogP contribution in [0.3, 0.4) is 0 Å². The lowest BCUT2D eigenvalue weighted by Crippen LogP contribution is -2.47. The van der Waals surface area contributed by atoms with Crippen LogP contribution in [-0.2, 0) is 27.8 Å². The summed E-state index contributed by atoms with van der Waals surface area (Å²) in [5.41, 5.74) is 2.98. The van der Waals surface area contributed by atoms with Crippen LogP contribution in [0, 0.1) is 12.8 Å². The SMILES string of the molecule is Cc1ccc(S(=O)(=O)Nc2ccc3c(c2)CC(=O)N([C@H](C)CO)C[C@H](C)[C@@H](CN(C)Cc2ccc(Oc4ccccc4)cc2)O3)cc1. The van der Waals surface area contributed by atoms with Crippen LogP contribution in [0.4, 0.5) is 5.69 Å². The average molecular weight is 658 g/mol. The molecule has 1 amide bonds. The molecule has 0 bridgehead atoms. The van der Waals surface area contributed by atoms with Crippen molar-refractivity contribution in [3.63, 3.8) is 0 Å². The van der Waals surface area contributed by atoms with E-state index >= 15 is 0 Å². The van der Waals surface area contributed by atoms with Gasteiger partial charge in [-0.25, -0.2) is 8.42 Å². The number of aliphatic hydroxyl groups is 1. The molecule has 1 aliphatic heterocycles. The largest absolute Gasteiger partial charge is 0.488 e. The number of hydrogen-bond acceptors (Lipinski definition) is 7. The van der Waals surface area contributed by atoms with E-state index in [2.05, 4.69) is 9.62 Å². The van der Waals surface area contributed by atoms with E-state index in [0.717, 1.165) is 22.6 Å². The fourth-order valence-corrected chi connectivity index (χ4v) is 6.66. The highest BCUT2D eigenvalue weighted by Gasteiger charge is 2.31. The summed E-state index contributed by atoms with van der Waals surface area (Å²) >= 11 is 0. The number of fused-ring (bicyclic) bond motifs is 1. The highest BCUT2D eigenvalue weighted by Crippen LogP contribution is 2.30. The summed E-state index contributed by atoms with van der Waals surface area (Å²) in [5, 5.41) is 9.97. The van der Waals surface area contributed by atoms with Gasteiger partial charge in [0.1, 0.15) is 23.4 Å². The highest BCUT2D eigenvalue weighted by atomic mass is 32.2. The van der Waals surface area contributed by atoms with Crippen molar-refractivity contribution in [3.8, 4) is 17.2 Å². The van der Waals surface area contributed by atoms with Crippen molar-refractivity contribution in [1.29, 1.82) is 0 Å².